The third-order valence-electron chi connectivity index (χ3n) is 5.40. The second-order valence-electron chi connectivity index (χ2n) is 7.85. The summed E-state index contributed by atoms with van der Waals surface area (Å²) in [5, 5.41) is 0. The minimum absolute atomic E-state index is 0.111. The summed E-state index contributed by atoms with van der Waals surface area (Å²) in [6.45, 7) is 13.1. The fraction of sp³-hybridized carbons (Fsp3) is 0.611. The van der Waals surface area contributed by atoms with E-state index in [1.165, 1.54) is 0 Å². The van der Waals surface area contributed by atoms with Crippen LogP contribution in [0.25, 0.3) is 0 Å². The maximum Gasteiger partial charge on any atom is 0.494 e. The van der Waals surface area contributed by atoms with Crippen molar-refractivity contribution in [3.63, 3.8) is 0 Å². The first kappa shape index (κ1) is 16.5. The quantitative estimate of drug-likeness (QED) is 0.787. The molecule has 1 amide bonds. The van der Waals surface area contributed by atoms with Gasteiger partial charge in [-0.2, -0.15) is 0 Å². The minimum atomic E-state index is -0.424. The van der Waals surface area contributed by atoms with Gasteiger partial charge in [-0.25, -0.2) is 0 Å². The van der Waals surface area contributed by atoms with Gasteiger partial charge in [-0.15, -0.1) is 0 Å². The second-order valence-corrected chi connectivity index (χ2v) is 7.85. The second kappa shape index (κ2) is 5.35. The lowest BCUT2D eigenvalue weighted by Gasteiger charge is -2.32. The number of carbonyl (C=O) groups excluding carboxylic acids is 1. The molecule has 5 heteroatoms. The SMILES string of the molecule is CC(C)N1CCc2ccc(B3OC(C)(C)C(C)(C)O3)cc2C1=O. The normalized spacial score (nSPS) is 22.7. The van der Waals surface area contributed by atoms with Crippen LogP contribution in [-0.2, 0) is 15.7 Å². The summed E-state index contributed by atoms with van der Waals surface area (Å²) in [7, 11) is -0.424. The molecule has 0 aliphatic carbocycles. The zero-order valence-corrected chi connectivity index (χ0v) is 15.0. The molecule has 124 valence electrons. The van der Waals surface area contributed by atoms with E-state index in [1.54, 1.807) is 0 Å². The molecule has 3 rings (SSSR count). The topological polar surface area (TPSA) is 38.8 Å². The molecule has 1 aromatic carbocycles. The van der Waals surface area contributed by atoms with Gasteiger partial charge in [0, 0.05) is 18.2 Å². The lowest BCUT2D eigenvalue weighted by molar-refractivity contribution is 0.00578. The molecular weight excluding hydrogens is 289 g/mol. The third kappa shape index (κ3) is 2.70. The average Bonchev–Trinajstić information content (AvgIpc) is 2.67. The molecule has 1 fully saturated rings. The van der Waals surface area contributed by atoms with E-state index in [-0.39, 0.29) is 23.2 Å². The maximum absolute atomic E-state index is 12.7. The molecule has 0 N–H and O–H groups in total. The van der Waals surface area contributed by atoms with Crippen molar-refractivity contribution < 1.29 is 14.1 Å². The molecule has 2 aliphatic heterocycles. The van der Waals surface area contributed by atoms with Crippen molar-refractivity contribution in [2.75, 3.05) is 6.54 Å². The van der Waals surface area contributed by atoms with Gasteiger partial charge in [-0.3, -0.25) is 4.79 Å². The van der Waals surface area contributed by atoms with E-state index >= 15 is 0 Å². The largest absolute Gasteiger partial charge is 0.494 e. The molecule has 4 nitrogen and oxygen atoms in total. The third-order valence-corrected chi connectivity index (χ3v) is 5.40. The molecule has 2 heterocycles. The van der Waals surface area contributed by atoms with Gasteiger partial charge in [0.2, 0.25) is 0 Å². The van der Waals surface area contributed by atoms with Crippen molar-refractivity contribution in [1.82, 2.24) is 4.90 Å². The number of carbonyl (C=O) groups is 1. The Bertz CT molecular complexity index is 623. The summed E-state index contributed by atoms with van der Waals surface area (Å²) in [6.07, 6.45) is 0.906. The van der Waals surface area contributed by atoms with Crippen LogP contribution in [0, 0.1) is 0 Å². The first-order valence-corrected chi connectivity index (χ1v) is 8.42. The van der Waals surface area contributed by atoms with Crippen LogP contribution in [0.2, 0.25) is 0 Å². The molecular formula is C18H26BNO3. The number of rotatable bonds is 2. The number of benzene rings is 1. The van der Waals surface area contributed by atoms with Crippen LogP contribution in [0.3, 0.4) is 0 Å². The Kier molecular flexibility index (Phi) is 3.85. The molecule has 0 spiro atoms. The van der Waals surface area contributed by atoms with Crippen LogP contribution < -0.4 is 5.46 Å². The highest BCUT2D eigenvalue weighted by Crippen LogP contribution is 2.36. The maximum atomic E-state index is 12.7. The summed E-state index contributed by atoms with van der Waals surface area (Å²) in [5.41, 5.74) is 2.08. The van der Waals surface area contributed by atoms with E-state index in [0.29, 0.717) is 0 Å². The lowest BCUT2D eigenvalue weighted by atomic mass is 9.77. The van der Waals surface area contributed by atoms with Gasteiger partial charge in [0.05, 0.1) is 11.2 Å². The predicted molar refractivity (Wildman–Crippen MR) is 92.0 cm³/mol. The molecule has 1 aromatic rings. The molecule has 0 unspecified atom stereocenters. The zero-order valence-electron chi connectivity index (χ0n) is 15.0. The highest BCUT2D eigenvalue weighted by molar-refractivity contribution is 6.62. The first-order valence-electron chi connectivity index (χ1n) is 8.42. The van der Waals surface area contributed by atoms with Gasteiger partial charge in [0.25, 0.3) is 5.91 Å². The zero-order chi connectivity index (χ0) is 17.0. The summed E-state index contributed by atoms with van der Waals surface area (Å²) >= 11 is 0. The van der Waals surface area contributed by atoms with Crippen molar-refractivity contribution in [2.24, 2.45) is 0 Å². The van der Waals surface area contributed by atoms with E-state index in [0.717, 1.165) is 29.6 Å². The summed E-state index contributed by atoms with van der Waals surface area (Å²) < 4.78 is 12.2. The smallest absolute Gasteiger partial charge is 0.399 e. The monoisotopic (exact) mass is 315 g/mol. The highest BCUT2D eigenvalue weighted by atomic mass is 16.7. The van der Waals surface area contributed by atoms with E-state index in [2.05, 4.69) is 13.8 Å². The Morgan fingerprint density at radius 3 is 2.30 bits per heavy atom. The Morgan fingerprint density at radius 2 is 1.74 bits per heavy atom. The Hall–Kier alpha value is -1.33. The first-order chi connectivity index (χ1) is 10.6. The molecule has 0 bridgehead atoms. The van der Waals surface area contributed by atoms with Crippen molar-refractivity contribution in [2.45, 2.75) is 65.2 Å². The lowest BCUT2D eigenvalue weighted by Crippen LogP contribution is -2.43. The van der Waals surface area contributed by atoms with Gasteiger partial charge in [0.15, 0.2) is 0 Å². The summed E-state index contributed by atoms with van der Waals surface area (Å²) in [6, 6.07) is 6.25. The fourth-order valence-electron chi connectivity index (χ4n) is 3.13. The van der Waals surface area contributed by atoms with Crippen LogP contribution in [0.1, 0.15) is 57.5 Å². The van der Waals surface area contributed by atoms with Gasteiger partial charge in [-0.05, 0) is 65.1 Å². The Labute approximate surface area is 139 Å². The average molecular weight is 315 g/mol. The number of hydrogen-bond acceptors (Lipinski definition) is 3. The molecule has 0 aromatic heterocycles. The predicted octanol–water partition coefficient (Wildman–Crippen LogP) is 2.39. The summed E-state index contributed by atoms with van der Waals surface area (Å²) in [5.74, 6) is 0.111. The number of hydrogen-bond donors (Lipinski definition) is 0. The van der Waals surface area contributed by atoms with E-state index in [1.807, 2.05) is 50.8 Å². The van der Waals surface area contributed by atoms with Crippen molar-refractivity contribution >= 4 is 18.5 Å². The van der Waals surface area contributed by atoms with E-state index in [4.69, 9.17) is 9.31 Å². The molecule has 2 aliphatic rings. The van der Waals surface area contributed by atoms with Crippen LogP contribution >= 0.6 is 0 Å². The molecule has 0 radical (unpaired) electrons. The number of amides is 1. The highest BCUT2D eigenvalue weighted by Gasteiger charge is 2.51. The van der Waals surface area contributed by atoms with Gasteiger partial charge < -0.3 is 14.2 Å². The van der Waals surface area contributed by atoms with Crippen molar-refractivity contribution in [3.8, 4) is 0 Å². The minimum Gasteiger partial charge on any atom is -0.399 e. The van der Waals surface area contributed by atoms with Gasteiger partial charge in [-0.1, -0.05) is 12.1 Å². The van der Waals surface area contributed by atoms with Crippen LogP contribution in [0.15, 0.2) is 18.2 Å². The van der Waals surface area contributed by atoms with Crippen LogP contribution in [0.5, 0.6) is 0 Å². The Balaban J connectivity index is 1.92. The van der Waals surface area contributed by atoms with Crippen molar-refractivity contribution in [1.29, 1.82) is 0 Å². The molecule has 0 atom stereocenters. The fourth-order valence-corrected chi connectivity index (χ4v) is 3.13. The summed E-state index contributed by atoms with van der Waals surface area (Å²) in [4.78, 5) is 14.7. The van der Waals surface area contributed by atoms with E-state index in [9.17, 15) is 4.79 Å². The molecule has 23 heavy (non-hydrogen) atoms. The molecule has 1 saturated heterocycles. The molecule has 0 saturated carbocycles. The van der Waals surface area contributed by atoms with Crippen molar-refractivity contribution in [3.05, 3.63) is 29.3 Å². The number of nitrogens with zero attached hydrogens (tertiary/aromatic N) is 1. The van der Waals surface area contributed by atoms with E-state index < -0.39 is 7.12 Å². The van der Waals surface area contributed by atoms with Gasteiger partial charge >= 0.3 is 7.12 Å². The van der Waals surface area contributed by atoms with Crippen LogP contribution in [-0.4, -0.2) is 41.7 Å². The Morgan fingerprint density at radius 1 is 1.13 bits per heavy atom. The number of fused-ring (bicyclic) bond motifs is 1. The van der Waals surface area contributed by atoms with Crippen LogP contribution in [0.4, 0.5) is 0 Å². The standard InChI is InChI=1S/C18H26BNO3/c1-12(2)20-10-9-13-7-8-14(11-15(13)16(20)21)19-22-17(3,4)18(5,6)23-19/h7-8,11-12H,9-10H2,1-6H3. The van der Waals surface area contributed by atoms with Gasteiger partial charge in [0.1, 0.15) is 0 Å².